The van der Waals surface area contributed by atoms with Crippen LogP contribution in [0.2, 0.25) is 0 Å². The maximum absolute atomic E-state index is 5.47. The molecule has 1 aromatic heterocycles. The summed E-state index contributed by atoms with van der Waals surface area (Å²) in [5, 5.41) is 7.69. The summed E-state index contributed by atoms with van der Waals surface area (Å²) in [6.07, 6.45) is 6.57. The summed E-state index contributed by atoms with van der Waals surface area (Å²) >= 11 is 0. The molecule has 0 bridgehead atoms. The zero-order chi connectivity index (χ0) is 12.5. The van der Waals surface area contributed by atoms with Crippen molar-refractivity contribution in [1.82, 2.24) is 15.1 Å². The molecule has 0 saturated carbocycles. The van der Waals surface area contributed by atoms with Gasteiger partial charge in [-0.05, 0) is 33.2 Å². The predicted molar refractivity (Wildman–Crippen MR) is 69.9 cm³/mol. The highest BCUT2D eigenvalue weighted by Gasteiger charge is 1.97. The fourth-order valence-electron chi connectivity index (χ4n) is 1.60. The maximum atomic E-state index is 5.47. The zero-order valence-corrected chi connectivity index (χ0v) is 11.3. The van der Waals surface area contributed by atoms with E-state index >= 15 is 0 Å². The molecule has 98 valence electrons. The molecular formula is C13H25N3O. The van der Waals surface area contributed by atoms with Crippen LogP contribution in [0.1, 0.15) is 39.2 Å². The van der Waals surface area contributed by atoms with Gasteiger partial charge in [0, 0.05) is 31.5 Å². The van der Waals surface area contributed by atoms with Crippen LogP contribution in [0.15, 0.2) is 12.4 Å². The molecule has 0 aromatic carbocycles. The van der Waals surface area contributed by atoms with Crippen molar-refractivity contribution >= 4 is 0 Å². The third-order valence-electron chi connectivity index (χ3n) is 2.42. The van der Waals surface area contributed by atoms with E-state index in [-0.39, 0.29) is 0 Å². The van der Waals surface area contributed by atoms with Crippen molar-refractivity contribution in [1.29, 1.82) is 0 Å². The molecule has 17 heavy (non-hydrogen) atoms. The predicted octanol–water partition coefficient (Wildman–Crippen LogP) is 2.20. The third kappa shape index (κ3) is 6.44. The number of aryl methyl sites for hydroxylation is 1. The fourth-order valence-corrected chi connectivity index (χ4v) is 1.60. The fraction of sp³-hybridized carbons (Fsp3) is 0.769. The lowest BCUT2D eigenvalue weighted by molar-refractivity contribution is 0.0770. The summed E-state index contributed by atoms with van der Waals surface area (Å²) < 4.78 is 7.47. The van der Waals surface area contributed by atoms with Crippen LogP contribution in [0.3, 0.4) is 0 Å². The number of rotatable bonds is 9. The molecule has 0 aliphatic rings. The second kappa shape index (κ2) is 8.25. The summed E-state index contributed by atoms with van der Waals surface area (Å²) in [6.45, 7) is 10.0. The minimum absolute atomic E-state index is 0.335. The minimum Gasteiger partial charge on any atom is -0.379 e. The van der Waals surface area contributed by atoms with Gasteiger partial charge in [-0.15, -0.1) is 0 Å². The summed E-state index contributed by atoms with van der Waals surface area (Å²) in [6, 6.07) is 0. The van der Waals surface area contributed by atoms with Crippen molar-refractivity contribution in [2.24, 2.45) is 0 Å². The number of nitrogens with one attached hydrogen (secondary N) is 1. The van der Waals surface area contributed by atoms with Gasteiger partial charge in [0.1, 0.15) is 0 Å². The molecule has 0 aliphatic carbocycles. The van der Waals surface area contributed by atoms with Crippen LogP contribution < -0.4 is 5.32 Å². The molecule has 0 amide bonds. The van der Waals surface area contributed by atoms with Gasteiger partial charge in [0.2, 0.25) is 0 Å². The second-order valence-electron chi connectivity index (χ2n) is 4.56. The number of aromatic nitrogens is 2. The van der Waals surface area contributed by atoms with Crippen LogP contribution in [-0.2, 0) is 17.8 Å². The van der Waals surface area contributed by atoms with Crippen molar-refractivity contribution in [2.45, 2.75) is 52.8 Å². The largest absolute Gasteiger partial charge is 0.379 e. The first-order chi connectivity index (χ1) is 8.22. The highest BCUT2D eigenvalue weighted by molar-refractivity contribution is 5.03. The van der Waals surface area contributed by atoms with E-state index in [0.717, 1.165) is 39.1 Å². The maximum Gasteiger partial charge on any atom is 0.0534 e. The van der Waals surface area contributed by atoms with E-state index in [2.05, 4.69) is 37.4 Å². The molecule has 0 unspecified atom stereocenters. The Hall–Kier alpha value is -0.870. The molecule has 4 heteroatoms. The lowest BCUT2D eigenvalue weighted by Gasteiger charge is -2.07. The van der Waals surface area contributed by atoms with Crippen molar-refractivity contribution in [3.63, 3.8) is 0 Å². The van der Waals surface area contributed by atoms with E-state index in [4.69, 9.17) is 4.74 Å². The Bertz CT molecular complexity index is 297. The molecule has 1 rings (SSSR count). The zero-order valence-electron chi connectivity index (χ0n) is 11.3. The highest BCUT2D eigenvalue weighted by Crippen LogP contribution is 1.98. The molecular weight excluding hydrogens is 214 g/mol. The molecule has 0 aliphatic heterocycles. The first kappa shape index (κ1) is 14.2. The normalized spacial score (nSPS) is 11.3. The number of nitrogens with zero attached hydrogens (tertiary/aromatic N) is 2. The van der Waals surface area contributed by atoms with Crippen LogP contribution in [0, 0.1) is 0 Å². The molecule has 4 nitrogen and oxygen atoms in total. The molecule has 1 aromatic rings. The summed E-state index contributed by atoms with van der Waals surface area (Å²) in [4.78, 5) is 0. The van der Waals surface area contributed by atoms with Crippen LogP contribution >= 0.6 is 0 Å². The van der Waals surface area contributed by atoms with Gasteiger partial charge in [0.05, 0.1) is 12.3 Å². The van der Waals surface area contributed by atoms with E-state index in [1.54, 1.807) is 0 Å². The van der Waals surface area contributed by atoms with Gasteiger partial charge in [-0.25, -0.2) is 0 Å². The topological polar surface area (TPSA) is 39.1 Å². The van der Waals surface area contributed by atoms with Crippen LogP contribution in [-0.4, -0.2) is 29.0 Å². The molecule has 0 saturated heterocycles. The quantitative estimate of drug-likeness (QED) is 0.671. The van der Waals surface area contributed by atoms with Crippen molar-refractivity contribution in [3.05, 3.63) is 18.0 Å². The van der Waals surface area contributed by atoms with Crippen LogP contribution in [0.5, 0.6) is 0 Å². The molecule has 0 fully saturated rings. The Labute approximate surface area is 104 Å². The number of ether oxygens (including phenoxy) is 1. The van der Waals surface area contributed by atoms with Crippen LogP contribution in [0.25, 0.3) is 0 Å². The van der Waals surface area contributed by atoms with E-state index < -0.39 is 0 Å². The van der Waals surface area contributed by atoms with Gasteiger partial charge in [-0.2, -0.15) is 5.10 Å². The average molecular weight is 239 g/mol. The summed E-state index contributed by atoms with van der Waals surface area (Å²) in [7, 11) is 0. The van der Waals surface area contributed by atoms with Gasteiger partial charge in [-0.1, -0.05) is 6.92 Å². The number of hydrogen-bond donors (Lipinski definition) is 1. The molecule has 1 N–H and O–H groups in total. The highest BCUT2D eigenvalue weighted by atomic mass is 16.5. The standard InChI is InChI=1S/C13H25N3O/c1-4-7-16-11-13(10-15-16)9-14-6-5-8-17-12(2)3/h10-12,14H,4-9H2,1-3H3. The van der Waals surface area contributed by atoms with Gasteiger partial charge in [-0.3, -0.25) is 4.68 Å². The van der Waals surface area contributed by atoms with Crippen LogP contribution in [0.4, 0.5) is 0 Å². The van der Waals surface area contributed by atoms with E-state index in [1.165, 1.54) is 5.56 Å². The average Bonchev–Trinajstić information content (AvgIpc) is 2.71. The molecule has 0 radical (unpaired) electrons. The van der Waals surface area contributed by atoms with Gasteiger partial charge in [0.15, 0.2) is 0 Å². The monoisotopic (exact) mass is 239 g/mol. The van der Waals surface area contributed by atoms with Gasteiger partial charge < -0.3 is 10.1 Å². The Morgan fingerprint density at radius 2 is 2.29 bits per heavy atom. The minimum atomic E-state index is 0.335. The van der Waals surface area contributed by atoms with Crippen molar-refractivity contribution < 1.29 is 4.74 Å². The lowest BCUT2D eigenvalue weighted by atomic mass is 10.3. The first-order valence-electron chi connectivity index (χ1n) is 6.56. The first-order valence-corrected chi connectivity index (χ1v) is 6.56. The lowest BCUT2D eigenvalue weighted by Crippen LogP contribution is -2.17. The van der Waals surface area contributed by atoms with Gasteiger partial charge in [0.25, 0.3) is 0 Å². The molecule has 1 heterocycles. The van der Waals surface area contributed by atoms with E-state index in [9.17, 15) is 0 Å². The Kier molecular flexibility index (Phi) is 6.89. The summed E-state index contributed by atoms with van der Waals surface area (Å²) in [5.74, 6) is 0. The SMILES string of the molecule is CCCn1cc(CNCCCOC(C)C)cn1. The molecule has 0 spiro atoms. The van der Waals surface area contributed by atoms with Crippen molar-refractivity contribution in [3.8, 4) is 0 Å². The van der Waals surface area contributed by atoms with E-state index in [0.29, 0.717) is 6.10 Å². The Balaban J connectivity index is 2.05. The van der Waals surface area contributed by atoms with Crippen molar-refractivity contribution in [2.75, 3.05) is 13.2 Å². The Morgan fingerprint density at radius 1 is 1.47 bits per heavy atom. The smallest absolute Gasteiger partial charge is 0.0534 e. The van der Waals surface area contributed by atoms with E-state index in [1.807, 2.05) is 10.9 Å². The second-order valence-corrected chi connectivity index (χ2v) is 4.56. The molecule has 0 atom stereocenters. The summed E-state index contributed by atoms with van der Waals surface area (Å²) in [5.41, 5.74) is 1.25. The number of hydrogen-bond acceptors (Lipinski definition) is 3. The van der Waals surface area contributed by atoms with Gasteiger partial charge >= 0.3 is 0 Å². The Morgan fingerprint density at radius 3 is 3.00 bits per heavy atom. The third-order valence-corrected chi connectivity index (χ3v) is 2.42.